The van der Waals surface area contributed by atoms with Crippen molar-refractivity contribution in [2.75, 3.05) is 26.3 Å². The van der Waals surface area contributed by atoms with Crippen molar-refractivity contribution < 1.29 is 27.5 Å². The van der Waals surface area contributed by atoms with Crippen LogP contribution in [0.5, 0.6) is 0 Å². The summed E-state index contributed by atoms with van der Waals surface area (Å²) >= 11 is 0. The van der Waals surface area contributed by atoms with Crippen molar-refractivity contribution in [3.63, 3.8) is 0 Å². The highest BCUT2D eigenvalue weighted by atomic mass is 32.2. The first kappa shape index (κ1) is 16.7. The molecule has 1 N–H and O–H groups in total. The Morgan fingerprint density at radius 3 is 2.50 bits per heavy atom. The van der Waals surface area contributed by atoms with E-state index in [1.165, 1.54) is 0 Å². The summed E-state index contributed by atoms with van der Waals surface area (Å²) in [6.07, 6.45) is 0.0862. The Labute approximate surface area is 118 Å². The molecule has 1 saturated heterocycles. The fourth-order valence-corrected chi connectivity index (χ4v) is 3.09. The second-order valence-corrected chi connectivity index (χ2v) is 5.95. The molecule has 20 heavy (non-hydrogen) atoms. The van der Waals surface area contributed by atoms with Crippen LogP contribution in [0.2, 0.25) is 0 Å². The highest BCUT2D eigenvalue weighted by Crippen LogP contribution is 2.19. The summed E-state index contributed by atoms with van der Waals surface area (Å²) in [5.74, 6) is -0.911. The molecule has 1 amide bonds. The summed E-state index contributed by atoms with van der Waals surface area (Å²) in [4.78, 5) is 22.8. The summed E-state index contributed by atoms with van der Waals surface area (Å²) in [5, 5.41) is 0. The molecular weight excluding hydrogens is 288 g/mol. The molecule has 0 aromatic rings. The number of nitrogens with one attached hydrogen (secondary N) is 1. The van der Waals surface area contributed by atoms with Crippen LogP contribution in [0.15, 0.2) is 0 Å². The molecule has 0 aromatic carbocycles. The van der Waals surface area contributed by atoms with Crippen molar-refractivity contribution in [1.82, 2.24) is 9.03 Å². The average Bonchev–Trinajstić information content (AvgIpc) is 2.39. The number of nitrogens with zero attached hydrogens (tertiary/aromatic N) is 1. The zero-order chi connectivity index (χ0) is 15.2. The number of hydrogen-bond donors (Lipinski definition) is 1. The Morgan fingerprint density at radius 1 is 1.25 bits per heavy atom. The number of amides is 1. The van der Waals surface area contributed by atoms with E-state index in [0.29, 0.717) is 12.8 Å². The Kier molecular flexibility index (Phi) is 6.21. The van der Waals surface area contributed by atoms with Gasteiger partial charge in [-0.1, -0.05) is 0 Å². The van der Waals surface area contributed by atoms with E-state index in [0.717, 1.165) is 4.31 Å². The zero-order valence-electron chi connectivity index (χ0n) is 11.6. The van der Waals surface area contributed by atoms with Gasteiger partial charge in [0.1, 0.15) is 0 Å². The van der Waals surface area contributed by atoms with Gasteiger partial charge in [-0.2, -0.15) is 12.7 Å². The van der Waals surface area contributed by atoms with Crippen LogP contribution in [0, 0.1) is 5.92 Å². The summed E-state index contributed by atoms with van der Waals surface area (Å²) < 4.78 is 36.2. The third-order valence-corrected chi connectivity index (χ3v) is 4.27. The Hall–Kier alpha value is -1.35. The lowest BCUT2D eigenvalue weighted by Gasteiger charge is -2.30. The van der Waals surface area contributed by atoms with E-state index < -0.39 is 28.2 Å². The molecule has 8 nitrogen and oxygen atoms in total. The van der Waals surface area contributed by atoms with Gasteiger partial charge in [0.05, 0.1) is 19.1 Å². The van der Waals surface area contributed by atoms with Gasteiger partial charge in [-0.25, -0.2) is 9.52 Å². The predicted octanol–water partition coefficient (Wildman–Crippen LogP) is 0.252. The van der Waals surface area contributed by atoms with Crippen LogP contribution in [0.3, 0.4) is 0 Å². The van der Waals surface area contributed by atoms with Crippen molar-refractivity contribution in [3.05, 3.63) is 0 Å². The van der Waals surface area contributed by atoms with Crippen LogP contribution < -0.4 is 4.72 Å². The van der Waals surface area contributed by atoms with Crippen LogP contribution in [-0.2, 0) is 24.5 Å². The third-order valence-electron chi connectivity index (χ3n) is 2.83. The SMILES string of the molecule is CCOC(=O)NS(=O)(=O)N1CCC[C@H](C(=O)OCC)C1. The second kappa shape index (κ2) is 7.44. The first-order valence-corrected chi connectivity index (χ1v) is 7.96. The van der Waals surface area contributed by atoms with E-state index in [4.69, 9.17) is 4.74 Å². The maximum Gasteiger partial charge on any atom is 0.421 e. The monoisotopic (exact) mass is 308 g/mol. The molecule has 0 spiro atoms. The lowest BCUT2D eigenvalue weighted by Crippen LogP contribution is -2.49. The van der Waals surface area contributed by atoms with E-state index in [1.54, 1.807) is 18.6 Å². The van der Waals surface area contributed by atoms with E-state index in [2.05, 4.69) is 4.74 Å². The minimum absolute atomic E-state index is 0.00751. The van der Waals surface area contributed by atoms with E-state index in [1.807, 2.05) is 0 Å². The molecule has 0 aliphatic carbocycles. The Balaban J connectivity index is 2.65. The predicted molar refractivity (Wildman–Crippen MR) is 70.0 cm³/mol. The normalized spacial score (nSPS) is 20.2. The first-order valence-electron chi connectivity index (χ1n) is 6.52. The van der Waals surface area contributed by atoms with Crippen LogP contribution in [0.4, 0.5) is 4.79 Å². The summed E-state index contributed by atoms with van der Waals surface area (Å²) in [5.41, 5.74) is 0. The molecule has 1 aliphatic rings. The van der Waals surface area contributed by atoms with Crippen LogP contribution in [0.1, 0.15) is 26.7 Å². The van der Waals surface area contributed by atoms with Crippen LogP contribution in [0.25, 0.3) is 0 Å². The molecule has 0 radical (unpaired) electrons. The number of rotatable bonds is 5. The molecule has 1 fully saturated rings. The molecule has 9 heteroatoms. The summed E-state index contributed by atoms with van der Waals surface area (Å²) in [6.45, 7) is 3.86. The molecule has 1 heterocycles. The number of piperidine rings is 1. The quantitative estimate of drug-likeness (QED) is 0.731. The van der Waals surface area contributed by atoms with Gasteiger partial charge in [-0.3, -0.25) is 4.79 Å². The van der Waals surface area contributed by atoms with Gasteiger partial charge in [0, 0.05) is 13.1 Å². The van der Waals surface area contributed by atoms with Gasteiger partial charge in [0.15, 0.2) is 0 Å². The Bertz CT molecular complexity index is 450. The van der Waals surface area contributed by atoms with Crippen LogP contribution >= 0.6 is 0 Å². The summed E-state index contributed by atoms with van der Waals surface area (Å²) in [6, 6.07) is 0. The van der Waals surface area contributed by atoms with E-state index in [-0.39, 0.29) is 26.3 Å². The van der Waals surface area contributed by atoms with Gasteiger partial charge in [0.25, 0.3) is 0 Å². The van der Waals surface area contributed by atoms with Crippen LogP contribution in [-0.4, -0.2) is 51.1 Å². The van der Waals surface area contributed by atoms with Gasteiger partial charge >= 0.3 is 22.3 Å². The number of carbonyl (C=O) groups excluding carboxylic acids is 2. The molecule has 0 aromatic heterocycles. The highest BCUT2D eigenvalue weighted by molar-refractivity contribution is 7.87. The second-order valence-electron chi connectivity index (χ2n) is 4.28. The number of hydrogen-bond acceptors (Lipinski definition) is 6. The zero-order valence-corrected chi connectivity index (χ0v) is 12.4. The highest BCUT2D eigenvalue weighted by Gasteiger charge is 2.34. The molecular formula is C11H20N2O6S. The first-order chi connectivity index (χ1) is 9.40. The smallest absolute Gasteiger partial charge is 0.421 e. The van der Waals surface area contributed by atoms with Crippen molar-refractivity contribution in [2.24, 2.45) is 5.92 Å². The molecule has 1 aliphatic heterocycles. The largest absolute Gasteiger partial charge is 0.466 e. The van der Waals surface area contributed by atoms with Gasteiger partial charge < -0.3 is 9.47 Å². The molecule has 0 saturated carbocycles. The maximum atomic E-state index is 12.0. The van der Waals surface area contributed by atoms with Crippen molar-refractivity contribution in [1.29, 1.82) is 0 Å². The van der Waals surface area contributed by atoms with Gasteiger partial charge in [0.2, 0.25) is 0 Å². The van der Waals surface area contributed by atoms with Gasteiger partial charge in [-0.15, -0.1) is 0 Å². The van der Waals surface area contributed by atoms with Crippen molar-refractivity contribution in [3.8, 4) is 0 Å². The fraction of sp³-hybridized carbons (Fsp3) is 0.818. The van der Waals surface area contributed by atoms with Crippen molar-refractivity contribution >= 4 is 22.3 Å². The van der Waals surface area contributed by atoms with Crippen molar-refractivity contribution in [2.45, 2.75) is 26.7 Å². The minimum Gasteiger partial charge on any atom is -0.466 e. The topological polar surface area (TPSA) is 102 Å². The minimum atomic E-state index is -3.99. The number of esters is 1. The van der Waals surface area contributed by atoms with E-state index in [9.17, 15) is 18.0 Å². The molecule has 1 atom stereocenters. The lowest BCUT2D eigenvalue weighted by molar-refractivity contribution is -0.149. The maximum absolute atomic E-state index is 12.0. The lowest BCUT2D eigenvalue weighted by atomic mass is 10.0. The molecule has 0 bridgehead atoms. The number of carbonyl (C=O) groups is 2. The molecule has 0 unspecified atom stereocenters. The molecule has 1 rings (SSSR count). The van der Waals surface area contributed by atoms with E-state index >= 15 is 0 Å². The Morgan fingerprint density at radius 2 is 1.90 bits per heavy atom. The third kappa shape index (κ3) is 4.64. The molecule has 116 valence electrons. The van der Waals surface area contributed by atoms with Gasteiger partial charge in [-0.05, 0) is 26.7 Å². The number of ether oxygens (including phenoxy) is 2. The average molecular weight is 308 g/mol. The summed E-state index contributed by atoms with van der Waals surface area (Å²) in [7, 11) is -3.99. The standard InChI is InChI=1S/C11H20N2O6S/c1-3-18-10(14)9-6-5-7-13(8-9)20(16,17)12-11(15)19-4-2/h9H,3-8H2,1-2H3,(H,12,15)/t9-/m0/s1. The fourth-order valence-electron chi connectivity index (χ4n) is 1.94.